The number of fused-ring (bicyclic) bond motifs is 1. The average molecular weight is 408 g/mol. The summed E-state index contributed by atoms with van der Waals surface area (Å²) in [5, 5.41) is 9.05. The molecule has 0 bridgehead atoms. The molecule has 8 nitrogen and oxygen atoms in total. The van der Waals surface area contributed by atoms with E-state index in [0.29, 0.717) is 11.3 Å². The molecule has 0 aromatic carbocycles. The number of aliphatic hydroxyl groups excluding tert-OH is 1. The number of hydrogen-bond acceptors (Lipinski definition) is 7. The van der Waals surface area contributed by atoms with E-state index >= 15 is 0 Å². The first-order valence-corrected chi connectivity index (χ1v) is 9.96. The van der Waals surface area contributed by atoms with Crippen molar-refractivity contribution >= 4 is 21.3 Å². The molecule has 0 aliphatic carbocycles. The molecule has 0 saturated heterocycles. The van der Waals surface area contributed by atoms with E-state index < -0.39 is 20.5 Å². The lowest BCUT2D eigenvalue weighted by Crippen LogP contribution is -2.28. The van der Waals surface area contributed by atoms with Gasteiger partial charge in [-0.2, -0.15) is 4.39 Å². The summed E-state index contributed by atoms with van der Waals surface area (Å²) in [5.74, 6) is -0.682. The third-order valence-electron chi connectivity index (χ3n) is 4.17. The van der Waals surface area contributed by atoms with Crippen LogP contribution in [0, 0.1) is 5.95 Å². The first kappa shape index (κ1) is 20.0. The minimum absolute atomic E-state index is 0.0331. The summed E-state index contributed by atoms with van der Waals surface area (Å²) < 4.78 is 46.3. The van der Waals surface area contributed by atoms with Crippen molar-refractivity contribution in [1.29, 1.82) is 0 Å². The number of ether oxygens (including phenoxy) is 1. The fourth-order valence-electron chi connectivity index (χ4n) is 2.63. The Hall–Kier alpha value is -2.72. The van der Waals surface area contributed by atoms with Gasteiger partial charge in [0.15, 0.2) is 9.84 Å². The van der Waals surface area contributed by atoms with E-state index in [1.54, 1.807) is 20.8 Å². The summed E-state index contributed by atoms with van der Waals surface area (Å²) in [4.78, 5) is 7.74. The number of nitrogen functional groups attached to an aromatic ring is 1. The van der Waals surface area contributed by atoms with Crippen molar-refractivity contribution in [2.24, 2.45) is 0 Å². The highest BCUT2D eigenvalue weighted by molar-refractivity contribution is 7.92. The van der Waals surface area contributed by atoms with E-state index in [4.69, 9.17) is 15.6 Å². The molecule has 0 radical (unpaired) electrons. The van der Waals surface area contributed by atoms with Gasteiger partial charge in [-0.25, -0.2) is 18.4 Å². The summed E-state index contributed by atoms with van der Waals surface area (Å²) in [7, 11) is -3.81. The summed E-state index contributed by atoms with van der Waals surface area (Å²) in [5.41, 5.74) is 6.30. The van der Waals surface area contributed by atoms with E-state index in [1.165, 1.54) is 35.0 Å². The van der Waals surface area contributed by atoms with Gasteiger partial charge < -0.3 is 15.6 Å². The highest BCUT2D eigenvalue weighted by Gasteiger charge is 2.34. The third-order valence-corrected chi connectivity index (χ3v) is 6.66. The average Bonchev–Trinajstić information content (AvgIpc) is 3.00. The lowest BCUT2D eigenvalue weighted by atomic mass is 10.2. The summed E-state index contributed by atoms with van der Waals surface area (Å²) in [6.45, 7) is 4.36. The molecule has 3 aromatic rings. The zero-order chi connectivity index (χ0) is 20.7. The van der Waals surface area contributed by atoms with Crippen LogP contribution < -0.4 is 10.5 Å². The van der Waals surface area contributed by atoms with E-state index in [1.807, 2.05) is 0 Å². The second-order valence-electron chi connectivity index (χ2n) is 7.14. The molecule has 0 fully saturated rings. The predicted molar refractivity (Wildman–Crippen MR) is 102 cm³/mol. The Morgan fingerprint density at radius 2 is 2.04 bits per heavy atom. The van der Waals surface area contributed by atoms with Gasteiger partial charge in [0.25, 0.3) is 0 Å². The highest BCUT2D eigenvalue weighted by atomic mass is 32.2. The number of aromatic nitrogens is 3. The van der Waals surface area contributed by atoms with Gasteiger partial charge in [0.05, 0.1) is 28.8 Å². The Morgan fingerprint density at radius 1 is 1.32 bits per heavy atom. The summed E-state index contributed by atoms with van der Waals surface area (Å²) in [6, 6.07) is 4.35. The smallest absolute Gasteiger partial charge is 0.224 e. The molecular formula is C18H21FN4O4S. The Kier molecular flexibility index (Phi) is 5.02. The molecular weight excluding hydrogens is 387 g/mol. The topological polar surface area (TPSA) is 120 Å². The monoisotopic (exact) mass is 408 g/mol. The quantitative estimate of drug-likeness (QED) is 0.620. The lowest BCUT2D eigenvalue weighted by Gasteiger charge is -2.21. The second kappa shape index (κ2) is 7.02. The van der Waals surface area contributed by atoms with Crippen LogP contribution in [0.3, 0.4) is 0 Å². The van der Waals surface area contributed by atoms with Crippen LogP contribution >= 0.6 is 0 Å². The standard InChI is InChI=1S/C18H21FN4O4S/c1-18(2,3)28(25,26)14-10-23-12(11-4-5-15(20)22-17(11)19)9-21-16(23)8-13(14)27-7-6-24/h4-5,8-10,24H,6-7H2,1-3H3,(H2,20,22). The van der Waals surface area contributed by atoms with Gasteiger partial charge in [-0.3, -0.25) is 4.40 Å². The number of imidazole rings is 1. The van der Waals surface area contributed by atoms with Crippen molar-refractivity contribution in [2.45, 2.75) is 30.4 Å². The molecule has 0 amide bonds. The molecule has 0 atom stereocenters. The Labute approximate surface area is 161 Å². The van der Waals surface area contributed by atoms with Gasteiger partial charge in [-0.15, -0.1) is 0 Å². The van der Waals surface area contributed by atoms with Crippen LogP contribution in [0.1, 0.15) is 20.8 Å². The fourth-order valence-corrected chi connectivity index (χ4v) is 3.91. The molecule has 0 aliphatic heterocycles. The van der Waals surface area contributed by atoms with Crippen LogP contribution in [-0.2, 0) is 9.84 Å². The van der Waals surface area contributed by atoms with Crippen molar-refractivity contribution in [3.63, 3.8) is 0 Å². The van der Waals surface area contributed by atoms with Gasteiger partial charge in [-0.1, -0.05) is 0 Å². The highest BCUT2D eigenvalue weighted by Crippen LogP contribution is 2.34. The number of nitrogens with two attached hydrogens (primary N) is 1. The fraction of sp³-hybridized carbons (Fsp3) is 0.333. The number of anilines is 1. The summed E-state index contributed by atoms with van der Waals surface area (Å²) in [6.07, 6.45) is 2.76. The van der Waals surface area contributed by atoms with Crippen LogP contribution in [-0.4, -0.2) is 45.9 Å². The third kappa shape index (κ3) is 3.40. The minimum atomic E-state index is -3.81. The Balaban J connectivity index is 2.29. The largest absolute Gasteiger partial charge is 0.490 e. The molecule has 3 rings (SSSR count). The van der Waals surface area contributed by atoms with E-state index in [-0.39, 0.29) is 35.2 Å². The summed E-state index contributed by atoms with van der Waals surface area (Å²) >= 11 is 0. The maximum Gasteiger partial charge on any atom is 0.224 e. The van der Waals surface area contributed by atoms with Gasteiger partial charge in [-0.05, 0) is 32.9 Å². The van der Waals surface area contributed by atoms with Crippen LogP contribution in [0.5, 0.6) is 5.75 Å². The zero-order valence-electron chi connectivity index (χ0n) is 15.7. The number of sulfone groups is 1. The van der Waals surface area contributed by atoms with Crippen molar-refractivity contribution in [2.75, 3.05) is 18.9 Å². The van der Waals surface area contributed by atoms with Crippen LogP contribution in [0.15, 0.2) is 35.5 Å². The molecule has 3 aromatic heterocycles. The lowest BCUT2D eigenvalue weighted by molar-refractivity contribution is 0.198. The predicted octanol–water partition coefficient (Wildman–Crippen LogP) is 2.06. The van der Waals surface area contributed by atoms with E-state index in [2.05, 4.69) is 9.97 Å². The van der Waals surface area contributed by atoms with Crippen molar-refractivity contribution in [1.82, 2.24) is 14.4 Å². The molecule has 0 aliphatic rings. The van der Waals surface area contributed by atoms with Gasteiger partial charge in [0, 0.05) is 12.3 Å². The number of nitrogens with zero attached hydrogens (tertiary/aromatic N) is 3. The maximum atomic E-state index is 14.3. The van der Waals surface area contributed by atoms with Crippen LogP contribution in [0.25, 0.3) is 16.9 Å². The van der Waals surface area contributed by atoms with Crippen molar-refractivity contribution in [3.05, 3.63) is 36.5 Å². The first-order chi connectivity index (χ1) is 13.1. The number of hydrogen-bond donors (Lipinski definition) is 2. The van der Waals surface area contributed by atoms with Crippen LogP contribution in [0.2, 0.25) is 0 Å². The molecule has 0 spiro atoms. The van der Waals surface area contributed by atoms with Gasteiger partial charge >= 0.3 is 0 Å². The molecule has 10 heteroatoms. The molecule has 0 unspecified atom stereocenters. The number of pyridine rings is 2. The minimum Gasteiger partial charge on any atom is -0.490 e. The van der Waals surface area contributed by atoms with Crippen LogP contribution in [0.4, 0.5) is 10.2 Å². The Bertz CT molecular complexity index is 1140. The maximum absolute atomic E-state index is 14.3. The molecule has 150 valence electrons. The van der Waals surface area contributed by atoms with Gasteiger partial charge in [0.1, 0.15) is 28.7 Å². The van der Waals surface area contributed by atoms with E-state index in [0.717, 1.165) is 0 Å². The van der Waals surface area contributed by atoms with Crippen molar-refractivity contribution < 1.29 is 22.7 Å². The number of halogens is 1. The van der Waals surface area contributed by atoms with E-state index in [9.17, 15) is 12.8 Å². The molecule has 28 heavy (non-hydrogen) atoms. The normalized spacial score (nSPS) is 12.5. The zero-order valence-corrected chi connectivity index (χ0v) is 16.5. The molecule has 3 heterocycles. The number of rotatable bonds is 5. The molecule has 0 saturated carbocycles. The SMILES string of the molecule is CC(C)(C)S(=O)(=O)c1cn2c(-c3ccc(N)nc3F)cnc2cc1OCCO. The molecule has 3 N–H and O–H groups in total. The van der Waals surface area contributed by atoms with Crippen molar-refractivity contribution in [3.8, 4) is 17.0 Å². The first-order valence-electron chi connectivity index (χ1n) is 8.48. The Morgan fingerprint density at radius 3 is 2.64 bits per heavy atom. The number of aliphatic hydroxyl groups is 1. The van der Waals surface area contributed by atoms with Gasteiger partial charge in [0.2, 0.25) is 5.95 Å². The second-order valence-corrected chi connectivity index (χ2v) is 9.81.